The lowest BCUT2D eigenvalue weighted by Gasteiger charge is -2.45. The minimum absolute atomic E-state index is 0.214. The van der Waals surface area contributed by atoms with E-state index in [1.165, 1.54) is 16.7 Å². The summed E-state index contributed by atoms with van der Waals surface area (Å²) < 4.78 is 0. The van der Waals surface area contributed by atoms with E-state index in [2.05, 4.69) is 51.5 Å². The van der Waals surface area contributed by atoms with Crippen molar-refractivity contribution >= 4 is 11.4 Å². The van der Waals surface area contributed by atoms with E-state index in [9.17, 15) is 0 Å². The van der Waals surface area contributed by atoms with Gasteiger partial charge in [0.05, 0.1) is 6.17 Å². The number of nitrogens with zero attached hydrogens (tertiary/aromatic N) is 2. The number of nitrogens with two attached hydrogens (primary N) is 2. The van der Waals surface area contributed by atoms with Crippen molar-refractivity contribution in [1.82, 2.24) is 15.1 Å². The molecule has 2 aromatic carbocycles. The summed E-state index contributed by atoms with van der Waals surface area (Å²) in [5, 5.41) is 3.27. The zero-order valence-corrected chi connectivity index (χ0v) is 16.2. The molecule has 146 valence electrons. The van der Waals surface area contributed by atoms with E-state index in [-0.39, 0.29) is 6.17 Å². The third-order valence-corrected chi connectivity index (χ3v) is 5.59. The van der Waals surface area contributed by atoms with Crippen molar-refractivity contribution in [3.05, 3.63) is 83.6 Å². The smallest absolute Gasteiger partial charge is 0.0890 e. The van der Waals surface area contributed by atoms with Crippen LogP contribution in [0.4, 0.5) is 11.4 Å². The van der Waals surface area contributed by atoms with Gasteiger partial charge in [0.25, 0.3) is 0 Å². The zero-order valence-electron chi connectivity index (χ0n) is 16.2. The van der Waals surface area contributed by atoms with Gasteiger partial charge >= 0.3 is 0 Å². The number of anilines is 2. The van der Waals surface area contributed by atoms with Gasteiger partial charge in [-0.05, 0) is 47.5 Å². The van der Waals surface area contributed by atoms with Crippen LogP contribution in [0.15, 0.2) is 72.5 Å². The van der Waals surface area contributed by atoms with Gasteiger partial charge in [0.1, 0.15) is 0 Å². The second-order valence-corrected chi connectivity index (χ2v) is 7.51. The van der Waals surface area contributed by atoms with Crippen LogP contribution in [0.1, 0.15) is 17.5 Å². The minimum atomic E-state index is 0.214. The van der Waals surface area contributed by atoms with Crippen LogP contribution in [0, 0.1) is 0 Å². The number of rotatable bonds is 5. The van der Waals surface area contributed by atoms with E-state index in [1.54, 1.807) is 0 Å². The van der Waals surface area contributed by atoms with Crippen molar-refractivity contribution in [1.29, 1.82) is 0 Å². The number of hydrogen-bond donors (Lipinski definition) is 3. The van der Waals surface area contributed by atoms with Gasteiger partial charge in [-0.2, -0.15) is 0 Å². The highest BCUT2D eigenvalue weighted by Crippen LogP contribution is 2.28. The second kappa shape index (κ2) is 8.50. The summed E-state index contributed by atoms with van der Waals surface area (Å²) in [4.78, 5) is 5.08. The molecule has 0 amide bonds. The molecule has 1 saturated heterocycles. The van der Waals surface area contributed by atoms with Gasteiger partial charge in [0, 0.05) is 44.1 Å². The molecule has 5 nitrogen and oxygen atoms in total. The Morgan fingerprint density at radius 2 is 1.43 bits per heavy atom. The molecule has 0 radical (unpaired) electrons. The molecule has 2 heterocycles. The number of nitrogen functional groups attached to an aromatic ring is 2. The van der Waals surface area contributed by atoms with Gasteiger partial charge in [-0.25, -0.2) is 0 Å². The predicted molar refractivity (Wildman–Crippen MR) is 116 cm³/mol. The first kappa shape index (κ1) is 18.6. The van der Waals surface area contributed by atoms with Crippen LogP contribution in [0.2, 0.25) is 0 Å². The fourth-order valence-electron chi connectivity index (χ4n) is 4.16. The lowest BCUT2D eigenvalue weighted by atomic mass is 10.0. The maximum atomic E-state index is 6.24. The fraction of sp³-hybridized carbons (Fsp3) is 0.304. The Morgan fingerprint density at radius 3 is 1.93 bits per heavy atom. The SMILES string of the molecule is Nc1ccccc1CN1CCCN(Cc2ccccc2N)C1C1=CCNC=C1. The maximum absolute atomic E-state index is 6.24. The average Bonchev–Trinajstić information content (AvgIpc) is 2.72. The molecule has 0 spiro atoms. The van der Waals surface area contributed by atoms with Crippen LogP contribution in [0.25, 0.3) is 0 Å². The molecule has 1 fully saturated rings. The Hall–Kier alpha value is -2.76. The van der Waals surface area contributed by atoms with Crippen LogP contribution >= 0.6 is 0 Å². The highest BCUT2D eigenvalue weighted by molar-refractivity contribution is 5.47. The van der Waals surface area contributed by atoms with Gasteiger partial charge in [-0.3, -0.25) is 9.80 Å². The molecule has 2 aromatic rings. The molecule has 0 aromatic heterocycles. The van der Waals surface area contributed by atoms with E-state index >= 15 is 0 Å². The topological polar surface area (TPSA) is 70.5 Å². The molecule has 0 bridgehead atoms. The van der Waals surface area contributed by atoms with Crippen molar-refractivity contribution in [2.75, 3.05) is 31.1 Å². The summed E-state index contributed by atoms with van der Waals surface area (Å²) in [7, 11) is 0. The molecule has 0 unspecified atom stereocenters. The van der Waals surface area contributed by atoms with E-state index in [4.69, 9.17) is 11.5 Å². The number of para-hydroxylation sites is 2. The molecule has 5 N–H and O–H groups in total. The first-order valence-corrected chi connectivity index (χ1v) is 9.97. The lowest BCUT2D eigenvalue weighted by molar-refractivity contribution is 0.0179. The fourth-order valence-corrected chi connectivity index (χ4v) is 4.16. The number of nitrogens with one attached hydrogen (secondary N) is 1. The van der Waals surface area contributed by atoms with Gasteiger partial charge in [-0.1, -0.05) is 42.5 Å². The summed E-state index contributed by atoms with van der Waals surface area (Å²) in [5.41, 5.74) is 17.9. The lowest BCUT2D eigenvalue weighted by Crippen LogP contribution is -2.54. The van der Waals surface area contributed by atoms with E-state index in [0.717, 1.165) is 50.5 Å². The summed E-state index contributed by atoms with van der Waals surface area (Å²) in [6.45, 7) is 4.66. The van der Waals surface area contributed by atoms with Crippen LogP contribution < -0.4 is 16.8 Å². The number of hydrogen-bond acceptors (Lipinski definition) is 5. The Bertz CT molecular complexity index is 817. The predicted octanol–water partition coefficient (Wildman–Crippen LogP) is 2.93. The highest BCUT2D eigenvalue weighted by Gasteiger charge is 2.32. The Morgan fingerprint density at radius 1 is 0.857 bits per heavy atom. The number of dihydropyridines is 1. The first-order chi connectivity index (χ1) is 13.7. The quantitative estimate of drug-likeness (QED) is 0.701. The minimum Gasteiger partial charge on any atom is -0.398 e. The van der Waals surface area contributed by atoms with Crippen LogP contribution in [0.3, 0.4) is 0 Å². The molecule has 2 aliphatic heterocycles. The third-order valence-electron chi connectivity index (χ3n) is 5.59. The second-order valence-electron chi connectivity index (χ2n) is 7.51. The Balaban J connectivity index is 1.63. The average molecular weight is 376 g/mol. The van der Waals surface area contributed by atoms with Crippen molar-refractivity contribution in [3.63, 3.8) is 0 Å². The monoisotopic (exact) mass is 375 g/mol. The van der Waals surface area contributed by atoms with Crippen LogP contribution in [0.5, 0.6) is 0 Å². The van der Waals surface area contributed by atoms with Crippen molar-refractivity contribution in [2.24, 2.45) is 0 Å². The summed E-state index contributed by atoms with van der Waals surface area (Å²) in [6, 6.07) is 16.4. The number of benzene rings is 2. The molecule has 5 heteroatoms. The molecule has 0 saturated carbocycles. The largest absolute Gasteiger partial charge is 0.398 e. The molecule has 0 atom stereocenters. The van der Waals surface area contributed by atoms with E-state index in [0.29, 0.717) is 0 Å². The first-order valence-electron chi connectivity index (χ1n) is 9.97. The van der Waals surface area contributed by atoms with Crippen molar-refractivity contribution in [2.45, 2.75) is 25.7 Å². The summed E-state index contributed by atoms with van der Waals surface area (Å²) >= 11 is 0. The van der Waals surface area contributed by atoms with Crippen molar-refractivity contribution in [3.8, 4) is 0 Å². The molecule has 2 aliphatic rings. The van der Waals surface area contributed by atoms with Gasteiger partial charge in [-0.15, -0.1) is 0 Å². The normalized spacial score (nSPS) is 18.6. The van der Waals surface area contributed by atoms with Gasteiger partial charge in [0.2, 0.25) is 0 Å². The summed E-state index contributed by atoms with van der Waals surface area (Å²) in [6.07, 6.45) is 7.88. The summed E-state index contributed by atoms with van der Waals surface area (Å²) in [5.74, 6) is 0. The van der Waals surface area contributed by atoms with E-state index in [1.807, 2.05) is 30.5 Å². The standard InChI is InChI=1S/C23H29N5/c24-21-8-3-1-6-19(21)16-27-14-5-15-28(17-20-7-2-4-9-22(20)25)23(27)18-10-12-26-13-11-18/h1-4,6-12,23,26H,5,13-17,24-25H2. The molecular weight excluding hydrogens is 346 g/mol. The molecular formula is C23H29N5. The zero-order chi connectivity index (χ0) is 19.3. The molecule has 0 aliphatic carbocycles. The highest BCUT2D eigenvalue weighted by atomic mass is 15.4. The Labute approximate surface area is 167 Å². The van der Waals surface area contributed by atoms with Gasteiger partial charge in [0.15, 0.2) is 0 Å². The van der Waals surface area contributed by atoms with Crippen LogP contribution in [-0.2, 0) is 13.1 Å². The van der Waals surface area contributed by atoms with E-state index < -0.39 is 0 Å². The van der Waals surface area contributed by atoms with Gasteiger partial charge < -0.3 is 16.8 Å². The third kappa shape index (κ3) is 4.06. The molecule has 28 heavy (non-hydrogen) atoms. The molecule has 4 rings (SSSR count). The maximum Gasteiger partial charge on any atom is 0.0890 e. The Kier molecular flexibility index (Phi) is 5.65. The van der Waals surface area contributed by atoms with Crippen LogP contribution in [-0.4, -0.2) is 35.6 Å². The van der Waals surface area contributed by atoms with Crippen molar-refractivity contribution < 1.29 is 0 Å².